The molecule has 0 saturated heterocycles. The van der Waals surface area contributed by atoms with Gasteiger partial charge in [-0.3, -0.25) is 4.98 Å². The molecular formula is C25H39N3OS. The summed E-state index contributed by atoms with van der Waals surface area (Å²) < 4.78 is 0. The topological polar surface area (TPSA) is 54.9 Å². The van der Waals surface area contributed by atoms with E-state index in [-0.39, 0.29) is 5.41 Å². The van der Waals surface area contributed by atoms with Crippen LogP contribution in [0.15, 0.2) is 29.9 Å². The molecule has 0 aromatic carbocycles. The van der Waals surface area contributed by atoms with Gasteiger partial charge in [-0.15, -0.1) is 11.3 Å². The largest absolute Gasteiger partial charge is 0.365 e. The van der Waals surface area contributed by atoms with E-state index in [1.54, 1.807) is 23.7 Å². The number of aromatic nitrogens is 2. The minimum Gasteiger partial charge on any atom is -0.365 e. The summed E-state index contributed by atoms with van der Waals surface area (Å²) in [6, 6.07) is 3.91. The molecular weight excluding hydrogens is 390 g/mol. The second-order valence-electron chi connectivity index (χ2n) is 9.43. The fourth-order valence-corrected chi connectivity index (χ4v) is 4.67. The van der Waals surface area contributed by atoms with Gasteiger partial charge < -0.3 is 10.1 Å². The summed E-state index contributed by atoms with van der Waals surface area (Å²) in [6.45, 7) is 10.9. The third kappa shape index (κ3) is 6.37. The minimum absolute atomic E-state index is 0.0972. The minimum atomic E-state index is -0.0972. The van der Waals surface area contributed by atoms with Crippen LogP contribution in [-0.2, 0) is 4.79 Å². The number of aldehydes is 1. The molecule has 2 heterocycles. The monoisotopic (exact) mass is 429 g/mol. The van der Waals surface area contributed by atoms with Crippen molar-refractivity contribution < 1.29 is 4.79 Å². The Labute approximate surface area is 186 Å². The van der Waals surface area contributed by atoms with E-state index < -0.39 is 0 Å². The van der Waals surface area contributed by atoms with Gasteiger partial charge >= 0.3 is 0 Å². The third-order valence-electron chi connectivity index (χ3n) is 6.91. The van der Waals surface area contributed by atoms with Crippen LogP contribution in [0.3, 0.4) is 0 Å². The van der Waals surface area contributed by atoms with Crippen LogP contribution in [0.5, 0.6) is 0 Å². The van der Waals surface area contributed by atoms with E-state index in [0.29, 0.717) is 5.41 Å². The summed E-state index contributed by atoms with van der Waals surface area (Å²) in [5, 5.41) is 5.97. The Morgan fingerprint density at radius 2 is 1.90 bits per heavy atom. The molecule has 166 valence electrons. The maximum absolute atomic E-state index is 10.8. The number of thiazole rings is 1. The Morgan fingerprint density at radius 1 is 1.27 bits per heavy atom. The Morgan fingerprint density at radius 3 is 2.20 bits per heavy atom. The maximum Gasteiger partial charge on any atom is 0.182 e. The molecule has 4 nitrogen and oxygen atoms in total. The van der Waals surface area contributed by atoms with E-state index in [2.05, 4.69) is 49.9 Å². The predicted octanol–water partition coefficient (Wildman–Crippen LogP) is 7.09. The van der Waals surface area contributed by atoms with Gasteiger partial charge in [0.05, 0.1) is 5.69 Å². The van der Waals surface area contributed by atoms with Crippen molar-refractivity contribution in [3.8, 4) is 11.3 Å². The fraction of sp³-hybridized carbons (Fsp3) is 0.640. The summed E-state index contributed by atoms with van der Waals surface area (Å²) in [5.74, 6) is 2.06. The molecule has 5 heteroatoms. The molecule has 2 saturated carbocycles. The molecule has 30 heavy (non-hydrogen) atoms. The van der Waals surface area contributed by atoms with Crippen molar-refractivity contribution in [3.63, 3.8) is 0 Å². The summed E-state index contributed by atoms with van der Waals surface area (Å²) in [7, 11) is 1.87. The van der Waals surface area contributed by atoms with Gasteiger partial charge in [-0.25, -0.2) is 4.98 Å². The summed E-state index contributed by atoms with van der Waals surface area (Å²) in [4.78, 5) is 19.2. The first-order valence-electron chi connectivity index (χ1n) is 11.3. The van der Waals surface area contributed by atoms with E-state index in [1.807, 2.05) is 24.6 Å². The lowest BCUT2D eigenvalue weighted by Gasteiger charge is -2.50. The second-order valence-corrected chi connectivity index (χ2v) is 10.3. The van der Waals surface area contributed by atoms with Crippen LogP contribution in [0.4, 0.5) is 5.13 Å². The molecule has 1 N–H and O–H groups in total. The third-order valence-corrected chi connectivity index (χ3v) is 7.77. The van der Waals surface area contributed by atoms with Crippen LogP contribution in [-0.4, -0.2) is 23.3 Å². The molecule has 0 radical (unpaired) electrons. The number of hydrogen-bond donors (Lipinski definition) is 1. The number of carbonyl (C=O) groups is 1. The molecule has 0 spiro atoms. The number of hydrogen-bond acceptors (Lipinski definition) is 5. The van der Waals surface area contributed by atoms with Crippen molar-refractivity contribution in [2.75, 3.05) is 12.4 Å². The van der Waals surface area contributed by atoms with Crippen molar-refractivity contribution in [1.29, 1.82) is 0 Å². The lowest BCUT2D eigenvalue weighted by Crippen LogP contribution is -2.43. The summed E-state index contributed by atoms with van der Waals surface area (Å²) in [5.41, 5.74) is 2.35. The van der Waals surface area contributed by atoms with Gasteiger partial charge in [-0.2, -0.15) is 0 Å². The number of anilines is 1. The van der Waals surface area contributed by atoms with Crippen LogP contribution in [0.1, 0.15) is 73.1 Å². The van der Waals surface area contributed by atoms with Crippen LogP contribution < -0.4 is 5.32 Å². The lowest BCUT2D eigenvalue weighted by molar-refractivity contribution is -0.126. The lowest BCUT2D eigenvalue weighted by atomic mass is 9.54. The zero-order valence-corrected chi connectivity index (χ0v) is 20.4. The Bertz CT molecular complexity index is 756. The highest BCUT2D eigenvalue weighted by Crippen LogP contribution is 2.55. The summed E-state index contributed by atoms with van der Waals surface area (Å²) >= 11 is 1.60. The van der Waals surface area contributed by atoms with Crippen LogP contribution in [0.25, 0.3) is 11.3 Å². The number of pyridine rings is 1. The van der Waals surface area contributed by atoms with Gasteiger partial charge in [0, 0.05) is 35.8 Å². The van der Waals surface area contributed by atoms with E-state index in [4.69, 9.17) is 0 Å². The van der Waals surface area contributed by atoms with Gasteiger partial charge in [-0.1, -0.05) is 41.0 Å². The molecule has 2 fully saturated rings. The number of carbonyl (C=O) groups excluding carboxylic acids is 1. The predicted molar refractivity (Wildman–Crippen MR) is 129 cm³/mol. The van der Waals surface area contributed by atoms with Crippen molar-refractivity contribution in [1.82, 2.24) is 9.97 Å². The smallest absolute Gasteiger partial charge is 0.182 e. The van der Waals surface area contributed by atoms with Gasteiger partial charge in [0.1, 0.15) is 6.29 Å². The van der Waals surface area contributed by atoms with E-state index in [0.717, 1.165) is 40.9 Å². The molecule has 0 unspecified atom stereocenters. The van der Waals surface area contributed by atoms with Crippen molar-refractivity contribution in [2.45, 2.75) is 73.1 Å². The highest BCUT2D eigenvalue weighted by Gasteiger charge is 2.47. The SMILES string of the molecule is CC(C)C1CC1.CCC1(C(C)(C)C=O)CCC1.CNc1nc(-c2ccncc2)cs1. The summed E-state index contributed by atoms with van der Waals surface area (Å²) in [6.07, 6.45) is 12.6. The molecule has 4 rings (SSSR count). The van der Waals surface area contributed by atoms with Crippen molar-refractivity contribution in [2.24, 2.45) is 22.7 Å². The van der Waals surface area contributed by atoms with Crippen molar-refractivity contribution >= 4 is 22.8 Å². The molecule has 0 bridgehead atoms. The molecule has 0 aliphatic heterocycles. The standard InChI is InChI=1S/C10H18O.C9H9N3S.C6H12/c1-4-10(6-5-7-10)9(2,3)8-11;1-10-9-12-8(6-13-9)7-2-4-11-5-3-7;1-5(2)6-3-4-6/h8H,4-7H2,1-3H3;2-6H,1H3,(H,10,12);5-6H,3-4H2,1-2H3. The first kappa shape index (κ1) is 24.5. The molecule has 2 aromatic rings. The van der Waals surface area contributed by atoms with Crippen molar-refractivity contribution in [3.05, 3.63) is 29.9 Å². The van der Waals surface area contributed by atoms with Crippen LogP contribution >= 0.6 is 11.3 Å². The quantitative estimate of drug-likeness (QED) is 0.498. The Balaban J connectivity index is 0.000000171. The first-order valence-corrected chi connectivity index (χ1v) is 12.2. The normalized spacial score (nSPS) is 17.0. The first-order chi connectivity index (χ1) is 14.3. The molecule has 0 amide bonds. The number of rotatable bonds is 6. The van der Waals surface area contributed by atoms with Crippen LogP contribution in [0, 0.1) is 22.7 Å². The second kappa shape index (κ2) is 11.0. The number of nitrogens with zero attached hydrogens (tertiary/aromatic N) is 2. The van der Waals surface area contributed by atoms with Gasteiger partial charge in [0.15, 0.2) is 5.13 Å². The highest BCUT2D eigenvalue weighted by atomic mass is 32.1. The fourth-order valence-electron chi connectivity index (χ4n) is 3.99. The molecule has 2 aromatic heterocycles. The maximum atomic E-state index is 10.8. The van der Waals surface area contributed by atoms with E-state index >= 15 is 0 Å². The molecule has 0 atom stereocenters. The van der Waals surface area contributed by atoms with Gasteiger partial charge in [0.2, 0.25) is 0 Å². The average molecular weight is 430 g/mol. The highest BCUT2D eigenvalue weighted by molar-refractivity contribution is 7.14. The van der Waals surface area contributed by atoms with E-state index in [9.17, 15) is 4.79 Å². The Kier molecular flexibility index (Phi) is 9.02. The number of nitrogens with one attached hydrogen (secondary N) is 1. The van der Waals surface area contributed by atoms with Crippen LogP contribution in [0.2, 0.25) is 0 Å². The van der Waals surface area contributed by atoms with Gasteiger partial charge in [-0.05, 0) is 61.5 Å². The Hall–Kier alpha value is -1.75. The zero-order chi connectivity index (χ0) is 22.2. The van der Waals surface area contributed by atoms with E-state index in [1.165, 1.54) is 32.1 Å². The zero-order valence-electron chi connectivity index (χ0n) is 19.6. The average Bonchev–Trinajstić information content (AvgIpc) is 3.47. The van der Waals surface area contributed by atoms with Gasteiger partial charge in [0.25, 0.3) is 0 Å². The molecule has 2 aliphatic rings. The molecule has 2 aliphatic carbocycles.